The molecule has 3 rings (SSSR count). The predicted molar refractivity (Wildman–Crippen MR) is 80.8 cm³/mol. The molecule has 0 aromatic heterocycles. The molecule has 2 fully saturated rings. The molecule has 2 nitrogen and oxygen atoms in total. The summed E-state index contributed by atoms with van der Waals surface area (Å²) in [6.45, 7) is 5.36. The van der Waals surface area contributed by atoms with Gasteiger partial charge < -0.3 is 5.32 Å². The Balaban J connectivity index is 1.71. The highest BCUT2D eigenvalue weighted by molar-refractivity contribution is 6.33. The molecule has 2 atom stereocenters. The summed E-state index contributed by atoms with van der Waals surface area (Å²) in [6.07, 6.45) is 2.77. The smallest absolute Gasteiger partial charge is 0.0452 e. The highest BCUT2D eigenvalue weighted by Gasteiger charge is 2.36. The minimum absolute atomic E-state index is 0.546. The molecule has 1 heterocycles. The Morgan fingerprint density at radius 2 is 2.11 bits per heavy atom. The van der Waals surface area contributed by atoms with E-state index in [2.05, 4.69) is 17.1 Å². The van der Waals surface area contributed by atoms with E-state index in [4.69, 9.17) is 23.2 Å². The Morgan fingerprint density at radius 1 is 1.32 bits per heavy atom. The molecule has 2 unspecified atom stereocenters. The highest BCUT2D eigenvalue weighted by atomic mass is 35.5. The van der Waals surface area contributed by atoms with Crippen LogP contribution in [0.5, 0.6) is 0 Å². The molecule has 0 spiro atoms. The summed E-state index contributed by atoms with van der Waals surface area (Å²) in [5.74, 6) is 0.893. The van der Waals surface area contributed by atoms with Crippen LogP contribution in [-0.2, 0) is 6.54 Å². The van der Waals surface area contributed by atoms with Crippen LogP contribution in [0.2, 0.25) is 10.0 Å². The standard InChI is InChI=1S/C15H20Cl2N2/c1-10-7-18-15(11-2-3-11)9-19(10)8-12-6-13(16)4-5-14(12)17/h4-6,10-11,15,18H,2-3,7-9H2,1H3. The summed E-state index contributed by atoms with van der Waals surface area (Å²) in [5.41, 5.74) is 1.14. The Kier molecular flexibility index (Phi) is 4.04. The van der Waals surface area contributed by atoms with E-state index in [0.29, 0.717) is 12.1 Å². The van der Waals surface area contributed by atoms with Gasteiger partial charge in [0.2, 0.25) is 0 Å². The molecule has 1 saturated heterocycles. The Bertz CT molecular complexity index is 459. The largest absolute Gasteiger partial charge is 0.311 e. The summed E-state index contributed by atoms with van der Waals surface area (Å²) in [7, 11) is 0. The maximum absolute atomic E-state index is 6.27. The molecule has 4 heteroatoms. The molecular formula is C15H20Cl2N2. The van der Waals surface area contributed by atoms with Gasteiger partial charge in [-0.3, -0.25) is 4.90 Å². The number of rotatable bonds is 3. The quantitative estimate of drug-likeness (QED) is 0.918. The number of piperazine rings is 1. The van der Waals surface area contributed by atoms with Crippen molar-refractivity contribution < 1.29 is 0 Å². The molecule has 0 radical (unpaired) electrons. The third-order valence-electron chi connectivity index (χ3n) is 4.30. The van der Waals surface area contributed by atoms with Crippen LogP contribution in [0.3, 0.4) is 0 Å². The Hall–Kier alpha value is -0.280. The maximum Gasteiger partial charge on any atom is 0.0452 e. The average molecular weight is 299 g/mol. The molecule has 1 aromatic rings. The maximum atomic E-state index is 6.27. The van der Waals surface area contributed by atoms with Crippen molar-refractivity contribution in [3.05, 3.63) is 33.8 Å². The summed E-state index contributed by atoms with van der Waals surface area (Å²) in [5, 5.41) is 5.25. The van der Waals surface area contributed by atoms with E-state index in [9.17, 15) is 0 Å². The van der Waals surface area contributed by atoms with Gasteiger partial charge >= 0.3 is 0 Å². The van der Waals surface area contributed by atoms with Crippen LogP contribution in [0, 0.1) is 5.92 Å². The van der Waals surface area contributed by atoms with Crippen molar-refractivity contribution >= 4 is 23.2 Å². The van der Waals surface area contributed by atoms with Gasteiger partial charge in [0.05, 0.1) is 0 Å². The molecule has 1 aliphatic heterocycles. The van der Waals surface area contributed by atoms with Crippen molar-refractivity contribution in [1.82, 2.24) is 10.2 Å². The zero-order valence-electron chi connectivity index (χ0n) is 11.2. The number of halogens is 2. The van der Waals surface area contributed by atoms with E-state index >= 15 is 0 Å². The summed E-state index contributed by atoms with van der Waals surface area (Å²) < 4.78 is 0. The Labute approximate surface area is 125 Å². The minimum atomic E-state index is 0.546. The lowest BCUT2D eigenvalue weighted by atomic mass is 10.0. The van der Waals surface area contributed by atoms with Crippen LogP contribution in [-0.4, -0.2) is 30.1 Å². The average Bonchev–Trinajstić information content (AvgIpc) is 3.21. The lowest BCUT2D eigenvalue weighted by Crippen LogP contribution is -2.55. The fourth-order valence-electron chi connectivity index (χ4n) is 2.87. The van der Waals surface area contributed by atoms with Crippen LogP contribution >= 0.6 is 23.2 Å². The second kappa shape index (κ2) is 5.61. The van der Waals surface area contributed by atoms with Gasteiger partial charge in [-0.25, -0.2) is 0 Å². The van der Waals surface area contributed by atoms with Crippen LogP contribution in [0.25, 0.3) is 0 Å². The zero-order valence-corrected chi connectivity index (χ0v) is 12.7. The fourth-order valence-corrected chi connectivity index (χ4v) is 3.24. The van der Waals surface area contributed by atoms with E-state index in [1.807, 2.05) is 18.2 Å². The second-order valence-corrected chi connectivity index (χ2v) is 6.71. The molecular weight excluding hydrogens is 279 g/mol. The first-order chi connectivity index (χ1) is 9.13. The van der Waals surface area contributed by atoms with Gasteiger partial charge in [-0.2, -0.15) is 0 Å². The van der Waals surface area contributed by atoms with Crippen LogP contribution in [0.1, 0.15) is 25.3 Å². The summed E-state index contributed by atoms with van der Waals surface area (Å²) in [6, 6.07) is 6.94. The van der Waals surface area contributed by atoms with Crippen molar-refractivity contribution in [2.75, 3.05) is 13.1 Å². The highest BCUT2D eigenvalue weighted by Crippen LogP contribution is 2.34. The number of hydrogen-bond acceptors (Lipinski definition) is 2. The number of hydrogen-bond donors (Lipinski definition) is 1. The molecule has 104 valence electrons. The molecule has 2 aliphatic rings. The predicted octanol–water partition coefficient (Wildman–Crippen LogP) is 3.57. The fraction of sp³-hybridized carbons (Fsp3) is 0.600. The molecule has 1 aliphatic carbocycles. The van der Waals surface area contributed by atoms with Crippen molar-refractivity contribution in [1.29, 1.82) is 0 Å². The Morgan fingerprint density at radius 3 is 2.84 bits per heavy atom. The third-order valence-corrected chi connectivity index (χ3v) is 4.91. The van der Waals surface area contributed by atoms with E-state index in [1.54, 1.807) is 0 Å². The zero-order chi connectivity index (χ0) is 13.4. The molecule has 1 N–H and O–H groups in total. The van der Waals surface area contributed by atoms with Crippen LogP contribution in [0.4, 0.5) is 0 Å². The van der Waals surface area contributed by atoms with Gasteiger partial charge in [0.15, 0.2) is 0 Å². The SMILES string of the molecule is CC1CNC(C2CC2)CN1Cc1cc(Cl)ccc1Cl. The van der Waals surface area contributed by atoms with Crippen LogP contribution in [0.15, 0.2) is 18.2 Å². The third kappa shape index (κ3) is 3.25. The number of benzene rings is 1. The lowest BCUT2D eigenvalue weighted by molar-refractivity contribution is 0.125. The molecule has 0 bridgehead atoms. The first-order valence-corrected chi connectivity index (χ1v) is 7.80. The lowest BCUT2D eigenvalue weighted by Gasteiger charge is -2.39. The van der Waals surface area contributed by atoms with Gasteiger partial charge in [0.25, 0.3) is 0 Å². The topological polar surface area (TPSA) is 15.3 Å². The van der Waals surface area contributed by atoms with E-state index in [0.717, 1.165) is 41.2 Å². The van der Waals surface area contributed by atoms with E-state index in [-0.39, 0.29) is 0 Å². The summed E-state index contributed by atoms with van der Waals surface area (Å²) >= 11 is 12.3. The summed E-state index contributed by atoms with van der Waals surface area (Å²) in [4.78, 5) is 2.52. The first kappa shape index (κ1) is 13.7. The monoisotopic (exact) mass is 298 g/mol. The normalized spacial score (nSPS) is 28.6. The molecule has 1 aromatic carbocycles. The van der Waals surface area contributed by atoms with Crippen LogP contribution < -0.4 is 5.32 Å². The van der Waals surface area contributed by atoms with Gasteiger partial charge in [0.1, 0.15) is 0 Å². The minimum Gasteiger partial charge on any atom is -0.311 e. The van der Waals surface area contributed by atoms with Gasteiger partial charge in [-0.05, 0) is 49.4 Å². The first-order valence-electron chi connectivity index (χ1n) is 7.05. The molecule has 0 amide bonds. The molecule has 1 saturated carbocycles. The van der Waals surface area contributed by atoms with Crippen molar-refractivity contribution in [2.24, 2.45) is 5.92 Å². The van der Waals surface area contributed by atoms with Crippen molar-refractivity contribution in [3.8, 4) is 0 Å². The van der Waals surface area contributed by atoms with Crippen molar-refractivity contribution in [3.63, 3.8) is 0 Å². The number of nitrogens with zero attached hydrogens (tertiary/aromatic N) is 1. The van der Waals surface area contributed by atoms with Crippen molar-refractivity contribution in [2.45, 2.75) is 38.4 Å². The molecule has 19 heavy (non-hydrogen) atoms. The van der Waals surface area contributed by atoms with Gasteiger partial charge in [-0.15, -0.1) is 0 Å². The van der Waals surface area contributed by atoms with E-state index in [1.165, 1.54) is 12.8 Å². The van der Waals surface area contributed by atoms with E-state index < -0.39 is 0 Å². The van der Waals surface area contributed by atoms with Gasteiger partial charge in [0, 0.05) is 41.8 Å². The second-order valence-electron chi connectivity index (χ2n) is 5.87. The number of nitrogens with one attached hydrogen (secondary N) is 1. The van der Waals surface area contributed by atoms with Gasteiger partial charge in [-0.1, -0.05) is 23.2 Å².